The molecule has 0 aliphatic rings. The number of rotatable bonds is 8. The molecule has 100 valence electrons. The van der Waals surface area contributed by atoms with Gasteiger partial charge in [0.15, 0.2) is 0 Å². The first-order chi connectivity index (χ1) is 8.06. The molecule has 0 fully saturated rings. The Bertz CT molecular complexity index is 240. The molecular weight excluding hydrogens is 218 g/mol. The zero-order chi connectivity index (χ0) is 13.3. The van der Waals surface area contributed by atoms with E-state index < -0.39 is 0 Å². The second-order valence-electron chi connectivity index (χ2n) is 3.99. The Labute approximate surface area is 104 Å². The zero-order valence-corrected chi connectivity index (χ0v) is 11.5. The van der Waals surface area contributed by atoms with Crippen LogP contribution in [0.4, 0.5) is 0 Å². The lowest BCUT2D eigenvalue weighted by Crippen LogP contribution is -2.43. The van der Waals surface area contributed by atoms with Crippen molar-refractivity contribution in [2.45, 2.75) is 27.2 Å². The predicted molar refractivity (Wildman–Crippen MR) is 68.7 cm³/mol. The largest absolute Gasteiger partial charge is 0.342 e. The van der Waals surface area contributed by atoms with E-state index in [0.29, 0.717) is 19.6 Å². The number of nitrogens with zero attached hydrogens (tertiary/aromatic N) is 2. The maximum Gasteiger partial charge on any atom is 0.242 e. The van der Waals surface area contributed by atoms with Gasteiger partial charge in [-0.2, -0.15) is 0 Å². The lowest BCUT2D eigenvalue weighted by atomic mass is 10.4. The molecule has 0 rings (SSSR count). The van der Waals surface area contributed by atoms with Crippen LogP contribution in [0.2, 0.25) is 0 Å². The number of nitrogens with one attached hydrogen (secondary N) is 1. The molecule has 0 aliphatic heterocycles. The van der Waals surface area contributed by atoms with E-state index in [2.05, 4.69) is 5.32 Å². The highest BCUT2D eigenvalue weighted by Gasteiger charge is 2.15. The van der Waals surface area contributed by atoms with Gasteiger partial charge < -0.3 is 15.1 Å². The number of hydrogen-bond acceptors (Lipinski definition) is 3. The standard InChI is InChI=1S/C12H25N3O2/c1-5-8-13-9-11(16)14(4)10-12(17)15(6-2)7-3/h13H,5-10H2,1-4H3. The van der Waals surface area contributed by atoms with Crippen LogP contribution in [0.3, 0.4) is 0 Å². The molecule has 0 aromatic rings. The van der Waals surface area contributed by atoms with Crippen molar-refractivity contribution < 1.29 is 9.59 Å². The molecule has 0 saturated heterocycles. The number of likely N-dealkylation sites (N-methyl/N-ethyl adjacent to an activating group) is 2. The number of hydrogen-bond donors (Lipinski definition) is 1. The fourth-order valence-corrected chi connectivity index (χ4v) is 1.47. The molecule has 5 heteroatoms. The van der Waals surface area contributed by atoms with Crippen LogP contribution in [0.25, 0.3) is 0 Å². The van der Waals surface area contributed by atoms with Crippen LogP contribution < -0.4 is 5.32 Å². The van der Waals surface area contributed by atoms with E-state index in [-0.39, 0.29) is 18.4 Å². The van der Waals surface area contributed by atoms with Crippen molar-refractivity contribution in [1.82, 2.24) is 15.1 Å². The minimum atomic E-state index is -0.0426. The molecule has 0 aromatic heterocycles. The summed E-state index contributed by atoms with van der Waals surface area (Å²) in [5.41, 5.74) is 0. The van der Waals surface area contributed by atoms with Gasteiger partial charge in [-0.3, -0.25) is 9.59 Å². The van der Waals surface area contributed by atoms with Crippen molar-refractivity contribution >= 4 is 11.8 Å². The summed E-state index contributed by atoms with van der Waals surface area (Å²) in [6.07, 6.45) is 0.995. The summed E-state index contributed by atoms with van der Waals surface area (Å²) >= 11 is 0. The van der Waals surface area contributed by atoms with Gasteiger partial charge in [-0.1, -0.05) is 6.92 Å². The average molecular weight is 243 g/mol. The van der Waals surface area contributed by atoms with E-state index in [0.717, 1.165) is 13.0 Å². The zero-order valence-electron chi connectivity index (χ0n) is 11.5. The van der Waals surface area contributed by atoms with Crippen molar-refractivity contribution in [3.8, 4) is 0 Å². The summed E-state index contributed by atoms with van der Waals surface area (Å²) in [4.78, 5) is 26.6. The molecule has 0 heterocycles. The van der Waals surface area contributed by atoms with Crippen LogP contribution in [0.1, 0.15) is 27.2 Å². The van der Waals surface area contributed by atoms with Gasteiger partial charge >= 0.3 is 0 Å². The Balaban J connectivity index is 4.02. The molecule has 0 aromatic carbocycles. The number of carbonyl (C=O) groups is 2. The van der Waals surface area contributed by atoms with Crippen molar-refractivity contribution in [2.75, 3.05) is 39.8 Å². The van der Waals surface area contributed by atoms with E-state index in [1.807, 2.05) is 20.8 Å². The monoisotopic (exact) mass is 243 g/mol. The van der Waals surface area contributed by atoms with E-state index in [9.17, 15) is 9.59 Å². The fraction of sp³-hybridized carbons (Fsp3) is 0.833. The first kappa shape index (κ1) is 15.9. The normalized spacial score (nSPS) is 10.1. The van der Waals surface area contributed by atoms with Crippen LogP contribution in [0.15, 0.2) is 0 Å². The minimum Gasteiger partial charge on any atom is -0.342 e. The Morgan fingerprint density at radius 1 is 1.06 bits per heavy atom. The highest BCUT2D eigenvalue weighted by atomic mass is 16.2. The predicted octanol–water partition coefficient (Wildman–Crippen LogP) is 0.313. The third kappa shape index (κ3) is 6.26. The molecular formula is C12H25N3O2. The summed E-state index contributed by atoms with van der Waals surface area (Å²) < 4.78 is 0. The molecule has 5 nitrogen and oxygen atoms in total. The van der Waals surface area contributed by atoms with Gasteiger partial charge in [-0.05, 0) is 26.8 Å². The molecule has 1 N–H and O–H groups in total. The van der Waals surface area contributed by atoms with Gasteiger partial charge in [0.05, 0.1) is 13.1 Å². The van der Waals surface area contributed by atoms with Gasteiger partial charge in [-0.15, -0.1) is 0 Å². The molecule has 0 atom stereocenters. The van der Waals surface area contributed by atoms with Crippen LogP contribution in [0.5, 0.6) is 0 Å². The van der Waals surface area contributed by atoms with Crippen molar-refractivity contribution in [2.24, 2.45) is 0 Å². The highest BCUT2D eigenvalue weighted by molar-refractivity contribution is 5.85. The molecule has 0 saturated carbocycles. The molecule has 0 aliphatic carbocycles. The second-order valence-corrected chi connectivity index (χ2v) is 3.99. The van der Waals surface area contributed by atoms with Crippen LogP contribution in [0, 0.1) is 0 Å². The summed E-state index contributed by atoms with van der Waals surface area (Å²) in [5, 5.41) is 3.03. The molecule has 0 radical (unpaired) electrons. The molecule has 0 unspecified atom stereocenters. The average Bonchev–Trinajstić information content (AvgIpc) is 2.30. The van der Waals surface area contributed by atoms with Crippen LogP contribution in [-0.4, -0.2) is 61.4 Å². The quantitative estimate of drug-likeness (QED) is 0.624. The van der Waals surface area contributed by atoms with E-state index in [1.54, 1.807) is 11.9 Å². The number of amides is 2. The van der Waals surface area contributed by atoms with E-state index in [1.165, 1.54) is 4.90 Å². The first-order valence-electron chi connectivity index (χ1n) is 6.29. The second kappa shape index (κ2) is 8.98. The Kier molecular flexibility index (Phi) is 8.40. The van der Waals surface area contributed by atoms with Crippen molar-refractivity contribution in [1.29, 1.82) is 0 Å². The van der Waals surface area contributed by atoms with Gasteiger partial charge in [0.2, 0.25) is 11.8 Å². The van der Waals surface area contributed by atoms with E-state index in [4.69, 9.17) is 0 Å². The first-order valence-corrected chi connectivity index (χ1v) is 6.29. The smallest absolute Gasteiger partial charge is 0.242 e. The third-order valence-corrected chi connectivity index (χ3v) is 2.62. The maximum absolute atomic E-state index is 11.8. The van der Waals surface area contributed by atoms with E-state index >= 15 is 0 Å². The van der Waals surface area contributed by atoms with Crippen LogP contribution in [-0.2, 0) is 9.59 Å². The summed E-state index contributed by atoms with van der Waals surface area (Å²) in [7, 11) is 1.66. The highest BCUT2D eigenvalue weighted by Crippen LogP contribution is 1.92. The van der Waals surface area contributed by atoms with Gasteiger partial charge in [0.1, 0.15) is 0 Å². The molecule has 17 heavy (non-hydrogen) atoms. The van der Waals surface area contributed by atoms with Crippen molar-refractivity contribution in [3.63, 3.8) is 0 Å². The summed E-state index contributed by atoms with van der Waals surface area (Å²) in [5.74, 6) is -0.0414. The Hall–Kier alpha value is -1.10. The number of carbonyl (C=O) groups excluding carboxylic acids is 2. The Morgan fingerprint density at radius 2 is 1.65 bits per heavy atom. The molecule has 0 spiro atoms. The Morgan fingerprint density at radius 3 is 2.12 bits per heavy atom. The lowest BCUT2D eigenvalue weighted by Gasteiger charge is -2.23. The topological polar surface area (TPSA) is 52.7 Å². The molecule has 0 bridgehead atoms. The minimum absolute atomic E-state index is 0.00124. The summed E-state index contributed by atoms with van der Waals surface area (Å²) in [6, 6.07) is 0. The van der Waals surface area contributed by atoms with Gasteiger partial charge in [0, 0.05) is 20.1 Å². The fourth-order valence-electron chi connectivity index (χ4n) is 1.47. The van der Waals surface area contributed by atoms with Gasteiger partial charge in [-0.25, -0.2) is 0 Å². The van der Waals surface area contributed by atoms with Gasteiger partial charge in [0.25, 0.3) is 0 Å². The maximum atomic E-state index is 11.8. The summed E-state index contributed by atoms with van der Waals surface area (Å²) in [6.45, 7) is 8.58. The van der Waals surface area contributed by atoms with Crippen LogP contribution >= 0.6 is 0 Å². The lowest BCUT2D eigenvalue weighted by molar-refractivity contribution is -0.138. The SMILES string of the molecule is CCCNCC(=O)N(C)CC(=O)N(CC)CC. The third-order valence-electron chi connectivity index (χ3n) is 2.62. The molecule has 2 amide bonds. The van der Waals surface area contributed by atoms with Crippen molar-refractivity contribution in [3.05, 3.63) is 0 Å².